The maximum atomic E-state index is 14.0. The van der Waals surface area contributed by atoms with E-state index < -0.39 is 17.7 Å². The Morgan fingerprint density at radius 1 is 1.06 bits per heavy atom. The smallest absolute Gasteiger partial charge is 0.304 e. The number of fused-ring (bicyclic) bond motifs is 7. The molecule has 0 aliphatic carbocycles. The van der Waals surface area contributed by atoms with Crippen LogP contribution in [0.4, 0.5) is 0 Å². The van der Waals surface area contributed by atoms with E-state index in [1.165, 1.54) is 6.92 Å². The van der Waals surface area contributed by atoms with Crippen LogP contribution in [-0.4, -0.2) is 37.4 Å². The van der Waals surface area contributed by atoms with Gasteiger partial charge in [-0.25, -0.2) is 0 Å². The quantitative estimate of drug-likeness (QED) is 0.524. The van der Waals surface area contributed by atoms with Crippen LogP contribution in [0.2, 0.25) is 0 Å². The maximum Gasteiger partial charge on any atom is 0.304 e. The first-order valence-corrected chi connectivity index (χ1v) is 10.3. The zero-order valence-electron chi connectivity index (χ0n) is 17.6. The van der Waals surface area contributed by atoms with Gasteiger partial charge in [0.05, 0.1) is 11.1 Å². The van der Waals surface area contributed by atoms with Crippen LogP contribution in [0.5, 0.6) is 28.7 Å². The normalized spacial score (nSPS) is 25.9. The molecule has 4 aliphatic heterocycles. The lowest BCUT2D eigenvalue weighted by Crippen LogP contribution is -2.59. The Morgan fingerprint density at radius 3 is 2.59 bits per heavy atom. The van der Waals surface area contributed by atoms with E-state index in [0.717, 1.165) is 11.1 Å². The Balaban J connectivity index is 1.53. The third-order valence-electron chi connectivity index (χ3n) is 6.29. The lowest BCUT2D eigenvalue weighted by molar-refractivity contribution is -0.168. The number of esters is 1. The predicted molar refractivity (Wildman–Crippen MR) is 110 cm³/mol. The van der Waals surface area contributed by atoms with Crippen LogP contribution in [0.15, 0.2) is 36.4 Å². The second-order valence-electron chi connectivity index (χ2n) is 8.35. The Kier molecular flexibility index (Phi) is 3.82. The molecule has 164 valence electrons. The second-order valence-corrected chi connectivity index (χ2v) is 8.35. The van der Waals surface area contributed by atoms with Gasteiger partial charge in [0.25, 0.3) is 0 Å². The van der Waals surface area contributed by atoms with Gasteiger partial charge in [0, 0.05) is 25.0 Å². The molecule has 0 spiro atoms. The highest BCUT2D eigenvalue weighted by Crippen LogP contribution is 2.53. The van der Waals surface area contributed by atoms with Crippen molar-refractivity contribution in [2.45, 2.75) is 38.1 Å². The van der Waals surface area contributed by atoms with Crippen molar-refractivity contribution >= 4 is 11.8 Å². The van der Waals surface area contributed by atoms with Crippen LogP contribution in [-0.2, 0) is 21.6 Å². The molecule has 32 heavy (non-hydrogen) atoms. The van der Waals surface area contributed by atoms with Gasteiger partial charge in [-0.1, -0.05) is 6.58 Å². The number of carbonyl (C=O) groups is 2. The fourth-order valence-corrected chi connectivity index (χ4v) is 4.79. The molecule has 0 aromatic heterocycles. The summed E-state index contributed by atoms with van der Waals surface area (Å²) in [6.45, 7) is 7.22. The summed E-state index contributed by atoms with van der Waals surface area (Å²) in [5.74, 6) is 1.47. The molecule has 0 amide bonds. The second kappa shape index (κ2) is 6.41. The van der Waals surface area contributed by atoms with E-state index in [1.807, 2.05) is 6.92 Å². The highest BCUT2D eigenvalue weighted by molar-refractivity contribution is 6.08. The highest BCUT2D eigenvalue weighted by atomic mass is 16.7. The van der Waals surface area contributed by atoms with E-state index in [4.69, 9.17) is 28.4 Å². The van der Waals surface area contributed by atoms with E-state index in [9.17, 15) is 9.59 Å². The molecule has 0 N–H and O–H groups in total. The minimum Gasteiger partial charge on any atom is -0.489 e. The monoisotopic (exact) mass is 436 g/mol. The molecule has 4 heterocycles. The molecule has 0 unspecified atom stereocenters. The highest BCUT2D eigenvalue weighted by Gasteiger charge is 2.60. The summed E-state index contributed by atoms with van der Waals surface area (Å²) in [5.41, 5.74) is 0.696. The van der Waals surface area contributed by atoms with Gasteiger partial charge in [0.1, 0.15) is 30.0 Å². The number of ketones is 1. The molecule has 0 bridgehead atoms. The van der Waals surface area contributed by atoms with Crippen LogP contribution in [0.3, 0.4) is 0 Å². The molecule has 6 rings (SSSR count). The van der Waals surface area contributed by atoms with Crippen molar-refractivity contribution in [3.63, 3.8) is 0 Å². The minimum atomic E-state index is -1.70. The van der Waals surface area contributed by atoms with Crippen molar-refractivity contribution in [1.29, 1.82) is 0 Å². The molecular weight excluding hydrogens is 416 g/mol. The van der Waals surface area contributed by atoms with Gasteiger partial charge in [0.2, 0.25) is 18.2 Å². The summed E-state index contributed by atoms with van der Waals surface area (Å²) in [5, 5.41) is 0. The zero-order valence-corrected chi connectivity index (χ0v) is 17.6. The molecule has 0 saturated heterocycles. The third kappa shape index (κ3) is 2.43. The van der Waals surface area contributed by atoms with Crippen molar-refractivity contribution in [1.82, 2.24) is 0 Å². The Hall–Kier alpha value is -3.68. The number of benzene rings is 2. The Labute approximate surface area is 183 Å². The fourth-order valence-electron chi connectivity index (χ4n) is 4.79. The van der Waals surface area contributed by atoms with E-state index in [1.54, 1.807) is 24.3 Å². The maximum absolute atomic E-state index is 14.0. The predicted octanol–water partition coefficient (Wildman–Crippen LogP) is 3.09. The van der Waals surface area contributed by atoms with Crippen LogP contribution < -0.4 is 23.7 Å². The van der Waals surface area contributed by atoms with Gasteiger partial charge < -0.3 is 28.4 Å². The first kappa shape index (κ1) is 19.0. The first-order valence-electron chi connectivity index (χ1n) is 10.3. The molecular formula is C24H20O8. The summed E-state index contributed by atoms with van der Waals surface area (Å²) >= 11 is 0. The van der Waals surface area contributed by atoms with Crippen molar-refractivity contribution in [3.8, 4) is 28.7 Å². The largest absolute Gasteiger partial charge is 0.489 e. The number of ether oxygens (including phenoxy) is 6. The first-order chi connectivity index (χ1) is 15.4. The van der Waals surface area contributed by atoms with Crippen molar-refractivity contribution in [3.05, 3.63) is 53.1 Å². The van der Waals surface area contributed by atoms with Gasteiger partial charge in [-0.3, -0.25) is 9.59 Å². The van der Waals surface area contributed by atoms with E-state index >= 15 is 0 Å². The minimum absolute atomic E-state index is 0.0134. The molecule has 4 aliphatic rings. The number of hydrogen-bond donors (Lipinski definition) is 0. The van der Waals surface area contributed by atoms with E-state index in [-0.39, 0.29) is 25.3 Å². The summed E-state index contributed by atoms with van der Waals surface area (Å²) < 4.78 is 34.9. The van der Waals surface area contributed by atoms with Crippen molar-refractivity contribution in [2.75, 3.05) is 13.4 Å². The number of carbonyl (C=O) groups excluding carboxylic acids is 2. The zero-order chi connectivity index (χ0) is 22.2. The standard InChI is InChI=1S/C24H20O8/c1-11(2)17-6-14-16(30-17)5-4-13-22(14)31-21-9-27-18-8-20-19(28-10-29-20)7-15(18)24(21,23(13)26)32-12(3)25/h4-5,7-8,17,21H,1,6,9-10H2,2-3H3/t17-,21+,24+/m0/s1. The molecule has 3 atom stereocenters. The molecule has 0 saturated carbocycles. The Bertz CT molecular complexity index is 1210. The molecule has 8 heteroatoms. The Morgan fingerprint density at radius 2 is 1.84 bits per heavy atom. The van der Waals surface area contributed by atoms with Gasteiger partial charge in [-0.2, -0.15) is 0 Å². The third-order valence-corrected chi connectivity index (χ3v) is 6.29. The van der Waals surface area contributed by atoms with E-state index in [0.29, 0.717) is 46.3 Å². The van der Waals surface area contributed by atoms with Gasteiger partial charge in [-0.15, -0.1) is 0 Å². The molecule has 2 aromatic rings. The van der Waals surface area contributed by atoms with Gasteiger partial charge >= 0.3 is 5.97 Å². The summed E-state index contributed by atoms with van der Waals surface area (Å²) in [7, 11) is 0. The lowest BCUT2D eigenvalue weighted by atomic mass is 9.76. The number of rotatable bonds is 2. The average Bonchev–Trinajstić information content (AvgIpc) is 3.39. The van der Waals surface area contributed by atoms with Crippen LogP contribution in [0, 0.1) is 0 Å². The van der Waals surface area contributed by atoms with Crippen molar-refractivity contribution < 1.29 is 38.0 Å². The summed E-state index contributed by atoms with van der Waals surface area (Å²) in [6.07, 6.45) is -0.516. The lowest BCUT2D eigenvalue weighted by Gasteiger charge is -2.45. The van der Waals surface area contributed by atoms with Crippen LogP contribution in [0.25, 0.3) is 0 Å². The summed E-state index contributed by atoms with van der Waals surface area (Å²) in [6, 6.07) is 6.68. The SMILES string of the molecule is C=C(C)[C@@H]1Cc2c(ccc3c2O[C@@H]2COc4cc5c(cc4[C@]2(OC(C)=O)C3=O)OCO5)O1. The molecule has 0 radical (unpaired) electrons. The average molecular weight is 436 g/mol. The van der Waals surface area contributed by atoms with Gasteiger partial charge in [0.15, 0.2) is 17.6 Å². The fraction of sp³-hybridized carbons (Fsp3) is 0.333. The summed E-state index contributed by atoms with van der Waals surface area (Å²) in [4.78, 5) is 26.3. The molecule has 0 fully saturated rings. The van der Waals surface area contributed by atoms with Crippen LogP contribution in [0.1, 0.15) is 35.3 Å². The topological polar surface area (TPSA) is 89.5 Å². The van der Waals surface area contributed by atoms with Gasteiger partial charge in [-0.05, 0) is 30.7 Å². The molecule has 8 nitrogen and oxygen atoms in total. The van der Waals surface area contributed by atoms with Crippen molar-refractivity contribution in [2.24, 2.45) is 0 Å². The number of hydrogen-bond acceptors (Lipinski definition) is 8. The molecule has 2 aromatic carbocycles. The van der Waals surface area contributed by atoms with E-state index in [2.05, 4.69) is 6.58 Å². The number of Topliss-reactive ketones (excluding diaryl/α,β-unsaturated/α-hetero) is 1. The van der Waals surface area contributed by atoms with Crippen LogP contribution >= 0.6 is 0 Å².